The molecule has 0 bridgehead atoms. The zero-order valence-electron chi connectivity index (χ0n) is 13.5. The van der Waals surface area contributed by atoms with Gasteiger partial charge in [0.05, 0.1) is 18.6 Å². The number of nitrogens with one attached hydrogen (secondary N) is 2. The molecule has 25 heavy (non-hydrogen) atoms. The van der Waals surface area contributed by atoms with Crippen molar-refractivity contribution in [2.24, 2.45) is 0 Å². The van der Waals surface area contributed by atoms with Crippen molar-refractivity contribution < 1.29 is 9.53 Å². The minimum absolute atomic E-state index is 0.232. The van der Waals surface area contributed by atoms with Crippen LogP contribution in [0.25, 0.3) is 10.9 Å². The number of hydrogen-bond acceptors (Lipinski definition) is 4. The SMILES string of the molecule is O=C(NCC#CCOc1ccc2cccnc2c1)NCc1cccs1. The van der Waals surface area contributed by atoms with E-state index in [1.807, 2.05) is 47.8 Å². The molecule has 3 rings (SSSR count). The molecule has 6 heteroatoms. The van der Waals surface area contributed by atoms with Crippen molar-refractivity contribution in [2.45, 2.75) is 6.54 Å². The second-order valence-corrected chi connectivity index (χ2v) is 6.15. The quantitative estimate of drug-likeness (QED) is 0.694. The molecule has 0 aliphatic carbocycles. The Kier molecular flexibility index (Phi) is 5.86. The fourth-order valence-corrected chi connectivity index (χ4v) is 2.78. The number of carbonyl (C=O) groups excluding carboxylic acids is 1. The number of amides is 2. The van der Waals surface area contributed by atoms with E-state index in [4.69, 9.17) is 4.74 Å². The van der Waals surface area contributed by atoms with Gasteiger partial charge in [-0.3, -0.25) is 4.98 Å². The van der Waals surface area contributed by atoms with Gasteiger partial charge >= 0.3 is 6.03 Å². The minimum atomic E-state index is -0.232. The van der Waals surface area contributed by atoms with Gasteiger partial charge < -0.3 is 15.4 Å². The van der Waals surface area contributed by atoms with Gasteiger partial charge in [0.1, 0.15) is 12.4 Å². The number of ether oxygens (including phenoxy) is 1. The summed E-state index contributed by atoms with van der Waals surface area (Å²) in [4.78, 5) is 17.0. The molecule has 0 aliphatic heterocycles. The fourth-order valence-electron chi connectivity index (χ4n) is 2.14. The van der Waals surface area contributed by atoms with Crippen LogP contribution in [0, 0.1) is 11.8 Å². The molecule has 2 amide bonds. The van der Waals surface area contributed by atoms with Gasteiger partial charge in [0.2, 0.25) is 0 Å². The number of hydrogen-bond donors (Lipinski definition) is 2. The number of rotatable bonds is 5. The molecule has 0 fully saturated rings. The summed E-state index contributed by atoms with van der Waals surface area (Å²) in [5, 5.41) is 8.50. The van der Waals surface area contributed by atoms with Gasteiger partial charge in [0, 0.05) is 22.5 Å². The number of benzene rings is 1. The van der Waals surface area contributed by atoms with Gasteiger partial charge in [0.15, 0.2) is 0 Å². The Morgan fingerprint density at radius 3 is 3.00 bits per heavy atom. The molecule has 5 nitrogen and oxygen atoms in total. The molecule has 0 saturated carbocycles. The summed E-state index contributed by atoms with van der Waals surface area (Å²) < 4.78 is 5.58. The Hall–Kier alpha value is -3.04. The highest BCUT2D eigenvalue weighted by molar-refractivity contribution is 7.09. The van der Waals surface area contributed by atoms with E-state index in [0.29, 0.717) is 6.54 Å². The first-order valence-corrected chi connectivity index (χ1v) is 8.66. The molecule has 2 heterocycles. The van der Waals surface area contributed by atoms with E-state index in [-0.39, 0.29) is 19.2 Å². The Morgan fingerprint density at radius 1 is 1.16 bits per heavy atom. The van der Waals surface area contributed by atoms with E-state index in [0.717, 1.165) is 21.5 Å². The van der Waals surface area contributed by atoms with E-state index in [1.54, 1.807) is 17.5 Å². The molecule has 0 saturated heterocycles. The lowest BCUT2D eigenvalue weighted by Gasteiger charge is -2.04. The summed E-state index contributed by atoms with van der Waals surface area (Å²) in [5.41, 5.74) is 0.886. The molecule has 0 unspecified atom stereocenters. The van der Waals surface area contributed by atoms with Gasteiger partial charge in [-0.05, 0) is 29.6 Å². The van der Waals surface area contributed by atoms with Crippen LogP contribution >= 0.6 is 11.3 Å². The largest absolute Gasteiger partial charge is 0.481 e. The van der Waals surface area contributed by atoms with Crippen LogP contribution in [-0.2, 0) is 6.54 Å². The number of aromatic nitrogens is 1. The predicted molar refractivity (Wildman–Crippen MR) is 99.6 cm³/mol. The lowest BCUT2D eigenvalue weighted by molar-refractivity contribution is 0.241. The van der Waals surface area contributed by atoms with Crippen molar-refractivity contribution in [3.8, 4) is 17.6 Å². The summed E-state index contributed by atoms with van der Waals surface area (Å²) in [7, 11) is 0. The van der Waals surface area contributed by atoms with Gasteiger partial charge in [0.25, 0.3) is 0 Å². The Labute approximate surface area is 150 Å². The number of thiophene rings is 1. The number of nitrogens with zero attached hydrogens (tertiary/aromatic N) is 1. The third-order valence-electron chi connectivity index (χ3n) is 3.35. The Balaban J connectivity index is 1.36. The average Bonchev–Trinajstić information content (AvgIpc) is 3.16. The molecular formula is C19H17N3O2S. The Bertz CT molecular complexity index is 898. The molecule has 1 aromatic carbocycles. The van der Waals surface area contributed by atoms with E-state index in [9.17, 15) is 4.79 Å². The van der Waals surface area contributed by atoms with Crippen LogP contribution in [0.2, 0.25) is 0 Å². The van der Waals surface area contributed by atoms with Crippen LogP contribution in [0.15, 0.2) is 54.0 Å². The standard InChI is InChI=1S/C19H17N3O2S/c23-19(22-14-17-6-4-12-25-17)21-9-1-2-11-24-16-8-7-15-5-3-10-20-18(15)13-16/h3-8,10,12-13H,9,11,14H2,(H2,21,22,23). The number of urea groups is 1. The third kappa shape index (κ3) is 5.23. The maximum Gasteiger partial charge on any atom is 0.315 e. The Morgan fingerprint density at radius 2 is 2.12 bits per heavy atom. The van der Waals surface area contributed by atoms with Gasteiger partial charge in [-0.15, -0.1) is 11.3 Å². The third-order valence-corrected chi connectivity index (χ3v) is 4.23. The summed E-state index contributed by atoms with van der Waals surface area (Å²) in [6, 6.07) is 13.3. The van der Waals surface area contributed by atoms with Crippen LogP contribution in [0.1, 0.15) is 4.88 Å². The smallest absolute Gasteiger partial charge is 0.315 e. The number of pyridine rings is 1. The van der Waals surface area contributed by atoms with E-state index < -0.39 is 0 Å². The highest BCUT2D eigenvalue weighted by Gasteiger charge is 1.99. The van der Waals surface area contributed by atoms with Crippen molar-refractivity contribution in [1.82, 2.24) is 15.6 Å². The first-order chi connectivity index (χ1) is 12.3. The predicted octanol–water partition coefficient (Wildman–Crippen LogP) is 3.18. The molecule has 3 aromatic rings. The van der Waals surface area contributed by atoms with Gasteiger partial charge in [-0.25, -0.2) is 4.79 Å². The molecule has 0 spiro atoms. The zero-order valence-corrected chi connectivity index (χ0v) is 14.3. The highest BCUT2D eigenvalue weighted by atomic mass is 32.1. The molecule has 0 radical (unpaired) electrons. The first kappa shape index (κ1) is 16.8. The van der Waals surface area contributed by atoms with Crippen molar-refractivity contribution in [1.29, 1.82) is 0 Å². The van der Waals surface area contributed by atoms with E-state index in [2.05, 4.69) is 27.5 Å². The summed E-state index contributed by atoms with van der Waals surface area (Å²) in [6.45, 7) is 1.06. The fraction of sp³-hybridized carbons (Fsp3) is 0.158. The minimum Gasteiger partial charge on any atom is -0.481 e. The topological polar surface area (TPSA) is 63.2 Å². The normalized spacial score (nSPS) is 9.92. The second-order valence-electron chi connectivity index (χ2n) is 5.12. The van der Waals surface area contributed by atoms with Crippen LogP contribution in [0.3, 0.4) is 0 Å². The zero-order chi connectivity index (χ0) is 17.3. The van der Waals surface area contributed by atoms with Crippen LogP contribution in [0.5, 0.6) is 5.75 Å². The number of carbonyl (C=O) groups is 1. The van der Waals surface area contributed by atoms with Crippen molar-refractivity contribution in [3.05, 3.63) is 58.9 Å². The van der Waals surface area contributed by atoms with Gasteiger partial charge in [-0.2, -0.15) is 0 Å². The monoisotopic (exact) mass is 351 g/mol. The molecule has 126 valence electrons. The maximum absolute atomic E-state index is 11.6. The summed E-state index contributed by atoms with van der Waals surface area (Å²) in [6.07, 6.45) is 1.75. The summed E-state index contributed by atoms with van der Waals surface area (Å²) >= 11 is 1.61. The van der Waals surface area contributed by atoms with E-state index in [1.165, 1.54) is 0 Å². The highest BCUT2D eigenvalue weighted by Crippen LogP contribution is 2.18. The molecule has 0 aliphatic rings. The average molecular weight is 351 g/mol. The van der Waals surface area contributed by atoms with Crippen molar-refractivity contribution in [3.63, 3.8) is 0 Å². The summed E-state index contributed by atoms with van der Waals surface area (Å²) in [5.74, 6) is 6.46. The lowest BCUT2D eigenvalue weighted by Crippen LogP contribution is -2.35. The molecule has 2 N–H and O–H groups in total. The lowest BCUT2D eigenvalue weighted by atomic mass is 10.2. The van der Waals surface area contributed by atoms with Crippen molar-refractivity contribution in [2.75, 3.05) is 13.2 Å². The van der Waals surface area contributed by atoms with Crippen LogP contribution in [0.4, 0.5) is 4.79 Å². The second kappa shape index (κ2) is 8.71. The maximum atomic E-state index is 11.6. The first-order valence-electron chi connectivity index (χ1n) is 7.79. The van der Waals surface area contributed by atoms with Crippen molar-refractivity contribution >= 4 is 28.3 Å². The van der Waals surface area contributed by atoms with Crippen LogP contribution < -0.4 is 15.4 Å². The molecule has 2 aromatic heterocycles. The number of fused-ring (bicyclic) bond motifs is 1. The van der Waals surface area contributed by atoms with Crippen LogP contribution in [-0.4, -0.2) is 24.2 Å². The molecule has 0 atom stereocenters. The molecular weight excluding hydrogens is 334 g/mol. The van der Waals surface area contributed by atoms with E-state index >= 15 is 0 Å². The van der Waals surface area contributed by atoms with Gasteiger partial charge in [-0.1, -0.05) is 24.0 Å².